The highest BCUT2D eigenvalue weighted by Crippen LogP contribution is 2.12. The summed E-state index contributed by atoms with van der Waals surface area (Å²) in [7, 11) is 0. The van der Waals surface area contributed by atoms with Crippen molar-refractivity contribution in [1.29, 1.82) is 0 Å². The minimum atomic E-state index is -0.894. The van der Waals surface area contributed by atoms with E-state index in [2.05, 4.69) is 15.4 Å². The molecule has 0 atom stereocenters. The van der Waals surface area contributed by atoms with E-state index in [1.807, 2.05) is 0 Å². The average Bonchev–Trinajstić information content (AvgIpc) is 3.08. The molecular formula is C16H12F2N4O. The van der Waals surface area contributed by atoms with Crippen LogP contribution in [0, 0.1) is 11.6 Å². The van der Waals surface area contributed by atoms with E-state index in [4.69, 9.17) is 0 Å². The fourth-order valence-corrected chi connectivity index (χ4v) is 2.05. The Morgan fingerprint density at radius 2 is 1.91 bits per heavy atom. The van der Waals surface area contributed by atoms with E-state index >= 15 is 0 Å². The summed E-state index contributed by atoms with van der Waals surface area (Å²) >= 11 is 0. The van der Waals surface area contributed by atoms with Crippen LogP contribution in [0.15, 0.2) is 55.0 Å². The summed E-state index contributed by atoms with van der Waals surface area (Å²) in [5.74, 6) is -1.97. The van der Waals surface area contributed by atoms with Crippen LogP contribution >= 0.6 is 0 Å². The monoisotopic (exact) mass is 314 g/mol. The number of rotatable bonds is 4. The molecule has 0 saturated carbocycles. The van der Waals surface area contributed by atoms with Gasteiger partial charge in [0, 0.05) is 25.1 Å². The quantitative estimate of drug-likeness (QED) is 0.805. The van der Waals surface area contributed by atoms with Crippen molar-refractivity contribution in [1.82, 2.24) is 20.1 Å². The second kappa shape index (κ2) is 6.35. The Morgan fingerprint density at radius 1 is 1.13 bits per heavy atom. The van der Waals surface area contributed by atoms with Crippen molar-refractivity contribution < 1.29 is 13.6 Å². The lowest BCUT2D eigenvalue weighted by Crippen LogP contribution is -2.25. The molecule has 1 N–H and O–H groups in total. The normalized spacial score (nSPS) is 10.5. The molecule has 7 heteroatoms. The van der Waals surface area contributed by atoms with Crippen molar-refractivity contribution in [3.63, 3.8) is 0 Å². The van der Waals surface area contributed by atoms with E-state index in [1.54, 1.807) is 41.5 Å². The molecule has 23 heavy (non-hydrogen) atoms. The summed E-state index contributed by atoms with van der Waals surface area (Å²) in [6.45, 7) is 0.110. The van der Waals surface area contributed by atoms with Gasteiger partial charge in [-0.3, -0.25) is 4.79 Å². The minimum Gasteiger partial charge on any atom is -0.348 e. The lowest BCUT2D eigenvalue weighted by atomic mass is 10.2. The van der Waals surface area contributed by atoms with Crippen LogP contribution in [0.4, 0.5) is 8.78 Å². The third-order valence-electron chi connectivity index (χ3n) is 3.19. The number of hydrogen-bond acceptors (Lipinski definition) is 3. The Kier molecular flexibility index (Phi) is 4.09. The molecule has 2 heterocycles. The molecule has 1 amide bonds. The van der Waals surface area contributed by atoms with Gasteiger partial charge in [-0.05, 0) is 29.8 Å². The van der Waals surface area contributed by atoms with Crippen LogP contribution in [0.3, 0.4) is 0 Å². The minimum absolute atomic E-state index is 0.110. The van der Waals surface area contributed by atoms with Gasteiger partial charge in [0.25, 0.3) is 5.91 Å². The number of hydrogen-bond donors (Lipinski definition) is 1. The molecule has 0 unspecified atom stereocenters. The molecular weight excluding hydrogens is 302 g/mol. The number of benzene rings is 1. The Balaban J connectivity index is 1.67. The van der Waals surface area contributed by atoms with Gasteiger partial charge in [0.1, 0.15) is 17.2 Å². The van der Waals surface area contributed by atoms with E-state index in [1.165, 1.54) is 6.07 Å². The van der Waals surface area contributed by atoms with Gasteiger partial charge < -0.3 is 5.32 Å². The maximum absolute atomic E-state index is 13.5. The summed E-state index contributed by atoms with van der Waals surface area (Å²) in [5, 5.41) is 6.52. The van der Waals surface area contributed by atoms with Gasteiger partial charge in [-0.25, -0.2) is 18.4 Å². The molecule has 3 rings (SSSR count). The summed E-state index contributed by atoms with van der Waals surface area (Å²) < 4.78 is 28.6. The Bertz CT molecular complexity index is 796. The largest absolute Gasteiger partial charge is 0.348 e. The number of halogens is 2. The molecule has 0 saturated heterocycles. The molecule has 116 valence electrons. The van der Waals surface area contributed by atoms with Gasteiger partial charge in [-0.15, -0.1) is 0 Å². The Morgan fingerprint density at radius 3 is 2.52 bits per heavy atom. The van der Waals surface area contributed by atoms with Crippen LogP contribution in [-0.2, 0) is 6.54 Å². The van der Waals surface area contributed by atoms with Crippen molar-refractivity contribution in [2.45, 2.75) is 6.54 Å². The number of nitrogens with one attached hydrogen (secondary N) is 1. The fraction of sp³-hybridized carbons (Fsp3) is 0.0625. The third-order valence-corrected chi connectivity index (χ3v) is 3.19. The zero-order chi connectivity index (χ0) is 16.2. The zero-order valence-corrected chi connectivity index (χ0v) is 11.9. The SMILES string of the molecule is O=C(NCc1ccc(-n2cccn2)nc1)c1c(F)cccc1F. The standard InChI is InChI=1S/C16H12F2N4O/c17-12-3-1-4-13(18)15(12)16(23)20-10-11-5-6-14(19-9-11)22-8-2-7-21-22/h1-9H,10H2,(H,20,23). The smallest absolute Gasteiger partial charge is 0.257 e. The van der Waals surface area contributed by atoms with E-state index < -0.39 is 23.1 Å². The van der Waals surface area contributed by atoms with E-state index in [-0.39, 0.29) is 6.54 Å². The van der Waals surface area contributed by atoms with Crippen molar-refractivity contribution in [3.05, 3.63) is 77.8 Å². The molecule has 3 aromatic rings. The highest BCUT2D eigenvalue weighted by molar-refractivity contribution is 5.94. The Hall–Kier alpha value is -3.09. The first kappa shape index (κ1) is 14.8. The number of aromatic nitrogens is 3. The van der Waals surface area contributed by atoms with E-state index in [9.17, 15) is 13.6 Å². The lowest BCUT2D eigenvalue weighted by Gasteiger charge is -2.07. The maximum atomic E-state index is 13.5. The number of carbonyl (C=O) groups excluding carboxylic acids is 1. The van der Waals surface area contributed by atoms with Crippen LogP contribution in [0.1, 0.15) is 15.9 Å². The van der Waals surface area contributed by atoms with Gasteiger partial charge in [-0.1, -0.05) is 12.1 Å². The van der Waals surface area contributed by atoms with Crippen LogP contribution in [0.25, 0.3) is 5.82 Å². The predicted octanol–water partition coefficient (Wildman–Crippen LogP) is 2.48. The summed E-state index contributed by atoms with van der Waals surface area (Å²) in [6.07, 6.45) is 4.96. The highest BCUT2D eigenvalue weighted by atomic mass is 19.1. The van der Waals surface area contributed by atoms with Crippen molar-refractivity contribution in [2.24, 2.45) is 0 Å². The molecule has 2 aromatic heterocycles. The molecule has 0 bridgehead atoms. The van der Waals surface area contributed by atoms with Crippen LogP contribution in [0.2, 0.25) is 0 Å². The van der Waals surface area contributed by atoms with Gasteiger partial charge in [0.05, 0.1) is 0 Å². The average molecular weight is 314 g/mol. The number of amides is 1. The second-order valence-corrected chi connectivity index (χ2v) is 4.75. The highest BCUT2D eigenvalue weighted by Gasteiger charge is 2.16. The predicted molar refractivity (Wildman–Crippen MR) is 78.9 cm³/mol. The van der Waals surface area contributed by atoms with Gasteiger partial charge in [0.2, 0.25) is 0 Å². The number of nitrogens with zero attached hydrogens (tertiary/aromatic N) is 3. The summed E-state index contributed by atoms with van der Waals surface area (Å²) in [6, 6.07) is 8.55. The third kappa shape index (κ3) is 3.23. The molecule has 1 aromatic carbocycles. The summed E-state index contributed by atoms with van der Waals surface area (Å²) in [5.41, 5.74) is 0.111. The van der Waals surface area contributed by atoms with E-state index in [0.717, 1.165) is 12.1 Å². The topological polar surface area (TPSA) is 59.8 Å². The molecule has 0 spiro atoms. The molecule has 0 radical (unpaired) electrons. The number of pyridine rings is 1. The van der Waals surface area contributed by atoms with Crippen molar-refractivity contribution in [2.75, 3.05) is 0 Å². The first-order chi connectivity index (χ1) is 11.1. The first-order valence-corrected chi connectivity index (χ1v) is 6.82. The molecule has 0 aliphatic rings. The van der Waals surface area contributed by atoms with Crippen molar-refractivity contribution >= 4 is 5.91 Å². The number of carbonyl (C=O) groups is 1. The van der Waals surface area contributed by atoms with Gasteiger partial charge in [-0.2, -0.15) is 5.10 Å². The fourth-order valence-electron chi connectivity index (χ4n) is 2.05. The van der Waals surface area contributed by atoms with Gasteiger partial charge in [0.15, 0.2) is 5.82 Å². The van der Waals surface area contributed by atoms with E-state index in [0.29, 0.717) is 11.4 Å². The second-order valence-electron chi connectivity index (χ2n) is 4.75. The summed E-state index contributed by atoms with van der Waals surface area (Å²) in [4.78, 5) is 16.1. The van der Waals surface area contributed by atoms with Gasteiger partial charge >= 0.3 is 0 Å². The molecule has 5 nitrogen and oxygen atoms in total. The molecule has 0 aliphatic carbocycles. The van der Waals surface area contributed by atoms with Crippen molar-refractivity contribution in [3.8, 4) is 5.82 Å². The zero-order valence-electron chi connectivity index (χ0n) is 11.9. The van der Waals surface area contributed by atoms with Crippen LogP contribution < -0.4 is 5.32 Å². The molecule has 0 fully saturated rings. The first-order valence-electron chi connectivity index (χ1n) is 6.82. The lowest BCUT2D eigenvalue weighted by molar-refractivity contribution is 0.0942. The van der Waals surface area contributed by atoms with Crippen LogP contribution in [-0.4, -0.2) is 20.7 Å². The molecule has 0 aliphatic heterocycles. The Labute approximate surface area is 130 Å². The van der Waals surface area contributed by atoms with Crippen LogP contribution in [0.5, 0.6) is 0 Å². The maximum Gasteiger partial charge on any atom is 0.257 e.